The highest BCUT2D eigenvalue weighted by Gasteiger charge is 2.29. The van der Waals surface area contributed by atoms with E-state index in [1.807, 2.05) is 61.5 Å². The molecule has 1 fully saturated rings. The van der Waals surface area contributed by atoms with Crippen LogP contribution in [0.15, 0.2) is 54.6 Å². The highest BCUT2D eigenvalue weighted by molar-refractivity contribution is 5.98. The molecule has 7 nitrogen and oxygen atoms in total. The molecule has 0 unspecified atom stereocenters. The molecule has 2 amide bonds. The van der Waals surface area contributed by atoms with Gasteiger partial charge in [-0.25, -0.2) is 4.68 Å². The van der Waals surface area contributed by atoms with E-state index in [4.69, 9.17) is 9.84 Å². The van der Waals surface area contributed by atoms with Crippen molar-refractivity contribution in [2.75, 3.05) is 25.5 Å². The van der Waals surface area contributed by atoms with Crippen LogP contribution in [0.2, 0.25) is 0 Å². The van der Waals surface area contributed by atoms with Gasteiger partial charge in [0.15, 0.2) is 0 Å². The number of aromatic nitrogens is 2. The molecule has 0 atom stereocenters. The van der Waals surface area contributed by atoms with Gasteiger partial charge in [0.1, 0.15) is 11.6 Å². The normalized spacial score (nSPS) is 13.7. The third-order valence-corrected chi connectivity index (χ3v) is 6.63. The Hall–Kier alpha value is -3.61. The van der Waals surface area contributed by atoms with Crippen LogP contribution in [-0.4, -0.2) is 46.7 Å². The van der Waals surface area contributed by atoms with Crippen LogP contribution in [0, 0.1) is 18.8 Å². The lowest BCUT2D eigenvalue weighted by Gasteiger charge is -2.27. The summed E-state index contributed by atoms with van der Waals surface area (Å²) in [6.07, 6.45) is 3.99. The first kappa shape index (κ1) is 25.5. The molecule has 2 aromatic carbocycles. The minimum atomic E-state index is -0.228. The zero-order valence-corrected chi connectivity index (χ0v) is 21.7. The van der Waals surface area contributed by atoms with Crippen LogP contribution in [0.25, 0.3) is 16.8 Å². The van der Waals surface area contributed by atoms with Crippen LogP contribution in [0.1, 0.15) is 45.2 Å². The van der Waals surface area contributed by atoms with Gasteiger partial charge in [0.2, 0.25) is 11.8 Å². The maximum Gasteiger partial charge on any atom is 0.245 e. The number of rotatable bonds is 9. The maximum absolute atomic E-state index is 13.4. The number of hydrogen-bond acceptors (Lipinski definition) is 4. The number of benzene rings is 2. The van der Waals surface area contributed by atoms with E-state index in [1.54, 1.807) is 16.7 Å². The molecule has 0 saturated heterocycles. The van der Waals surface area contributed by atoms with Crippen LogP contribution in [0.4, 0.5) is 5.82 Å². The third kappa shape index (κ3) is 5.78. The average Bonchev–Trinajstić information content (AvgIpc) is 3.52. The van der Waals surface area contributed by atoms with E-state index in [-0.39, 0.29) is 30.2 Å². The van der Waals surface area contributed by atoms with Crippen molar-refractivity contribution >= 4 is 17.6 Å². The van der Waals surface area contributed by atoms with Gasteiger partial charge in [-0.1, -0.05) is 57.0 Å². The van der Waals surface area contributed by atoms with Crippen LogP contribution < -0.4 is 10.1 Å². The SMILES string of the molecule is COc1ccc(-n2nc(C)c(-c3ccccc3)c2NC(=O)CN(CC(C)C)C(=O)C2CCCC2)cc1. The molecule has 0 bridgehead atoms. The number of methoxy groups -OCH3 is 1. The van der Waals surface area contributed by atoms with E-state index < -0.39 is 0 Å². The Bertz CT molecular complexity index is 1180. The van der Waals surface area contributed by atoms with Crippen LogP contribution >= 0.6 is 0 Å². The van der Waals surface area contributed by atoms with Crippen molar-refractivity contribution in [3.8, 4) is 22.6 Å². The van der Waals surface area contributed by atoms with Crippen LogP contribution in [-0.2, 0) is 9.59 Å². The number of ether oxygens (including phenoxy) is 1. The van der Waals surface area contributed by atoms with Crippen molar-refractivity contribution in [2.45, 2.75) is 46.5 Å². The number of carbonyl (C=O) groups excluding carboxylic acids is 2. The number of aryl methyl sites for hydroxylation is 1. The monoisotopic (exact) mass is 488 g/mol. The summed E-state index contributed by atoms with van der Waals surface area (Å²) < 4.78 is 7.05. The highest BCUT2D eigenvalue weighted by Crippen LogP contribution is 2.34. The second-order valence-corrected chi connectivity index (χ2v) is 9.93. The smallest absolute Gasteiger partial charge is 0.245 e. The first-order chi connectivity index (χ1) is 17.4. The highest BCUT2D eigenvalue weighted by atomic mass is 16.5. The van der Waals surface area contributed by atoms with Crippen molar-refractivity contribution in [3.05, 3.63) is 60.3 Å². The fraction of sp³-hybridized carbons (Fsp3) is 0.414. The molecular formula is C29H36N4O3. The molecule has 190 valence electrons. The summed E-state index contributed by atoms with van der Waals surface area (Å²) in [5.41, 5.74) is 3.43. The summed E-state index contributed by atoms with van der Waals surface area (Å²) in [5, 5.41) is 7.88. The Kier molecular flexibility index (Phi) is 8.08. The quantitative estimate of drug-likeness (QED) is 0.433. The summed E-state index contributed by atoms with van der Waals surface area (Å²) >= 11 is 0. The standard InChI is InChI=1S/C29H36N4O3/c1-20(2)18-32(29(35)23-12-8-9-13-23)19-26(34)30-28-27(22-10-6-5-7-11-22)21(3)31-33(28)24-14-16-25(36-4)17-15-24/h5-7,10-11,14-17,20,23H,8-9,12-13,18-19H2,1-4H3,(H,30,34). The lowest BCUT2D eigenvalue weighted by Crippen LogP contribution is -2.43. The van der Waals surface area contributed by atoms with Crippen LogP contribution in [0.3, 0.4) is 0 Å². The zero-order valence-electron chi connectivity index (χ0n) is 21.7. The predicted octanol–water partition coefficient (Wildman–Crippen LogP) is 5.47. The van der Waals surface area contributed by atoms with Gasteiger partial charge in [-0.2, -0.15) is 5.10 Å². The Balaban J connectivity index is 1.66. The van der Waals surface area contributed by atoms with Gasteiger partial charge in [0.25, 0.3) is 0 Å². The molecule has 0 spiro atoms. The zero-order chi connectivity index (χ0) is 25.7. The van der Waals surface area contributed by atoms with Gasteiger partial charge >= 0.3 is 0 Å². The fourth-order valence-corrected chi connectivity index (χ4v) is 4.95. The van der Waals surface area contributed by atoms with E-state index in [0.29, 0.717) is 12.4 Å². The molecule has 1 aromatic heterocycles. The Morgan fingerprint density at radius 2 is 1.75 bits per heavy atom. The Morgan fingerprint density at radius 1 is 1.08 bits per heavy atom. The number of amides is 2. The fourth-order valence-electron chi connectivity index (χ4n) is 4.95. The summed E-state index contributed by atoms with van der Waals surface area (Å²) in [6, 6.07) is 17.5. The maximum atomic E-state index is 13.4. The summed E-state index contributed by atoms with van der Waals surface area (Å²) in [5.74, 6) is 1.50. The lowest BCUT2D eigenvalue weighted by molar-refractivity contribution is -0.138. The third-order valence-electron chi connectivity index (χ3n) is 6.63. The number of hydrogen-bond donors (Lipinski definition) is 1. The molecule has 0 aliphatic heterocycles. The van der Waals surface area contributed by atoms with Crippen molar-refractivity contribution in [1.29, 1.82) is 0 Å². The molecule has 1 N–H and O–H groups in total. The van der Waals surface area contributed by atoms with E-state index in [0.717, 1.165) is 53.9 Å². The molecule has 1 aliphatic carbocycles. The summed E-state index contributed by atoms with van der Waals surface area (Å²) in [4.78, 5) is 28.4. The molecule has 7 heteroatoms. The van der Waals surface area contributed by atoms with Crippen molar-refractivity contribution in [3.63, 3.8) is 0 Å². The van der Waals surface area contributed by atoms with E-state index in [1.165, 1.54) is 0 Å². The molecule has 36 heavy (non-hydrogen) atoms. The number of anilines is 1. The van der Waals surface area contributed by atoms with Crippen molar-refractivity contribution in [1.82, 2.24) is 14.7 Å². The largest absolute Gasteiger partial charge is 0.497 e. The van der Waals surface area contributed by atoms with Crippen molar-refractivity contribution < 1.29 is 14.3 Å². The van der Waals surface area contributed by atoms with Gasteiger partial charge in [-0.05, 0) is 55.5 Å². The van der Waals surface area contributed by atoms with E-state index in [2.05, 4.69) is 19.2 Å². The molecule has 0 radical (unpaired) electrons. The molecule has 4 rings (SSSR count). The van der Waals surface area contributed by atoms with E-state index >= 15 is 0 Å². The van der Waals surface area contributed by atoms with Gasteiger partial charge in [0, 0.05) is 18.0 Å². The minimum Gasteiger partial charge on any atom is -0.497 e. The Morgan fingerprint density at radius 3 is 2.36 bits per heavy atom. The topological polar surface area (TPSA) is 76.5 Å². The average molecular weight is 489 g/mol. The molecule has 1 aliphatic rings. The number of carbonyl (C=O) groups is 2. The number of nitrogens with one attached hydrogen (secondary N) is 1. The first-order valence-electron chi connectivity index (χ1n) is 12.8. The number of nitrogens with zero attached hydrogens (tertiary/aromatic N) is 3. The first-order valence-corrected chi connectivity index (χ1v) is 12.8. The second-order valence-electron chi connectivity index (χ2n) is 9.93. The van der Waals surface area contributed by atoms with Crippen LogP contribution in [0.5, 0.6) is 5.75 Å². The Labute approximate surface area is 213 Å². The molecule has 1 heterocycles. The van der Waals surface area contributed by atoms with Gasteiger partial charge < -0.3 is 15.0 Å². The second kappa shape index (κ2) is 11.4. The molecular weight excluding hydrogens is 452 g/mol. The minimum absolute atomic E-state index is 0.0224. The van der Waals surface area contributed by atoms with Crippen molar-refractivity contribution in [2.24, 2.45) is 11.8 Å². The van der Waals surface area contributed by atoms with Gasteiger partial charge in [0.05, 0.1) is 25.0 Å². The molecule has 1 saturated carbocycles. The molecule has 3 aromatic rings. The van der Waals surface area contributed by atoms with Gasteiger partial charge in [-0.3, -0.25) is 9.59 Å². The summed E-state index contributed by atoms with van der Waals surface area (Å²) in [6.45, 7) is 6.66. The van der Waals surface area contributed by atoms with Gasteiger partial charge in [-0.15, -0.1) is 0 Å². The predicted molar refractivity (Wildman–Crippen MR) is 142 cm³/mol. The van der Waals surface area contributed by atoms with E-state index in [9.17, 15) is 9.59 Å². The lowest BCUT2D eigenvalue weighted by atomic mass is 10.1. The summed E-state index contributed by atoms with van der Waals surface area (Å²) in [7, 11) is 1.63.